The molecule has 0 radical (unpaired) electrons. The van der Waals surface area contributed by atoms with Gasteiger partial charge in [-0.2, -0.15) is 0 Å². The molecule has 6 rings (SSSR count). The Kier molecular flexibility index (Phi) is 4.08. The molecule has 0 aliphatic carbocycles. The van der Waals surface area contributed by atoms with Crippen molar-refractivity contribution in [2.24, 2.45) is 5.92 Å². The first-order chi connectivity index (χ1) is 16.3. The Bertz CT molecular complexity index is 1380. The molecule has 3 aromatic carbocycles. The van der Waals surface area contributed by atoms with Gasteiger partial charge in [0.2, 0.25) is 11.8 Å². The zero-order valence-electron chi connectivity index (χ0n) is 18.1. The third-order valence-corrected chi connectivity index (χ3v) is 6.75. The van der Waals surface area contributed by atoms with Gasteiger partial charge in [-0.25, -0.2) is 4.79 Å². The summed E-state index contributed by atoms with van der Waals surface area (Å²) in [7, 11) is 0. The van der Waals surface area contributed by atoms with E-state index in [4.69, 9.17) is 9.47 Å². The third-order valence-electron chi connectivity index (χ3n) is 6.75. The number of benzene rings is 3. The topological polar surface area (TPSA) is 113 Å². The minimum absolute atomic E-state index is 0.0334. The SMILES string of the molecule is CCC1CC(=O)N(c2ccc3c(c2)C(=O)OC32c3ccc(O)cc3Oc3cc(O)ccc32)C1=O. The Balaban J connectivity index is 1.56. The number of hydrogen-bond acceptors (Lipinski definition) is 7. The summed E-state index contributed by atoms with van der Waals surface area (Å²) in [5.41, 5.74) is 0.667. The number of anilines is 1. The number of aromatic hydroxyl groups is 2. The average molecular weight is 457 g/mol. The molecule has 8 nitrogen and oxygen atoms in total. The van der Waals surface area contributed by atoms with Crippen LogP contribution in [0.25, 0.3) is 0 Å². The molecule has 1 fully saturated rings. The summed E-state index contributed by atoms with van der Waals surface area (Å²) < 4.78 is 12.0. The highest BCUT2D eigenvalue weighted by Gasteiger charge is 2.54. The normalized spacial score (nSPS) is 19.5. The zero-order valence-corrected chi connectivity index (χ0v) is 18.1. The molecule has 3 aromatic rings. The first-order valence-corrected chi connectivity index (χ1v) is 10.9. The standard InChI is InChI=1S/C26H19NO7/c1-2-13-9-23(30)27(24(13)31)14-3-6-18-17(10-14)25(32)34-26(18)19-7-4-15(28)11-21(19)33-22-12-16(29)5-8-20(22)26/h3-8,10-13,28-29H,2,9H2,1H3. The van der Waals surface area contributed by atoms with Crippen molar-refractivity contribution >= 4 is 23.5 Å². The highest BCUT2D eigenvalue weighted by molar-refractivity contribution is 6.21. The summed E-state index contributed by atoms with van der Waals surface area (Å²) in [5.74, 6) is -1.08. The number of carbonyl (C=O) groups excluding carboxylic acids is 3. The van der Waals surface area contributed by atoms with Gasteiger partial charge in [0.25, 0.3) is 0 Å². The van der Waals surface area contributed by atoms with Gasteiger partial charge in [0, 0.05) is 41.2 Å². The molecule has 0 aromatic heterocycles. The summed E-state index contributed by atoms with van der Waals surface area (Å²) in [6, 6.07) is 13.8. The van der Waals surface area contributed by atoms with Gasteiger partial charge in [-0.05, 0) is 42.8 Å². The van der Waals surface area contributed by atoms with Crippen LogP contribution in [0.15, 0.2) is 54.6 Å². The highest BCUT2D eigenvalue weighted by atomic mass is 16.6. The van der Waals surface area contributed by atoms with Gasteiger partial charge >= 0.3 is 5.97 Å². The van der Waals surface area contributed by atoms with E-state index < -0.39 is 11.6 Å². The van der Waals surface area contributed by atoms with Crippen LogP contribution in [0.2, 0.25) is 0 Å². The second-order valence-electron chi connectivity index (χ2n) is 8.64. The van der Waals surface area contributed by atoms with Crippen LogP contribution >= 0.6 is 0 Å². The van der Waals surface area contributed by atoms with Crippen LogP contribution in [-0.2, 0) is 19.9 Å². The predicted molar refractivity (Wildman–Crippen MR) is 119 cm³/mol. The number of hydrogen-bond donors (Lipinski definition) is 2. The fraction of sp³-hybridized carbons (Fsp3) is 0.192. The van der Waals surface area contributed by atoms with E-state index in [-0.39, 0.29) is 52.7 Å². The van der Waals surface area contributed by atoms with Crippen LogP contribution in [0.4, 0.5) is 5.69 Å². The Morgan fingerprint density at radius 2 is 1.53 bits per heavy atom. The van der Waals surface area contributed by atoms with E-state index in [9.17, 15) is 24.6 Å². The predicted octanol–water partition coefficient (Wildman–Crippen LogP) is 3.96. The molecular weight excluding hydrogens is 438 g/mol. The molecule has 8 heteroatoms. The third kappa shape index (κ3) is 2.56. The van der Waals surface area contributed by atoms with E-state index in [1.165, 1.54) is 30.3 Å². The molecule has 1 spiro atoms. The fourth-order valence-electron chi connectivity index (χ4n) is 5.12. The largest absolute Gasteiger partial charge is 0.508 e. The molecular formula is C26H19NO7. The maximum absolute atomic E-state index is 13.2. The molecule has 170 valence electrons. The lowest BCUT2D eigenvalue weighted by atomic mass is 9.77. The molecule has 3 aliphatic rings. The van der Waals surface area contributed by atoms with E-state index in [1.807, 2.05) is 6.92 Å². The number of carbonyl (C=O) groups is 3. The number of imide groups is 1. The van der Waals surface area contributed by atoms with Crippen molar-refractivity contribution < 1.29 is 34.1 Å². The molecule has 1 atom stereocenters. The zero-order chi connectivity index (χ0) is 23.8. The van der Waals surface area contributed by atoms with Crippen LogP contribution in [0, 0.1) is 5.92 Å². The Morgan fingerprint density at radius 1 is 0.912 bits per heavy atom. The maximum atomic E-state index is 13.2. The first kappa shape index (κ1) is 20.3. The maximum Gasteiger partial charge on any atom is 0.340 e. The number of phenols is 2. The molecule has 1 saturated heterocycles. The summed E-state index contributed by atoms with van der Waals surface area (Å²) in [6.45, 7) is 1.86. The Morgan fingerprint density at radius 3 is 2.12 bits per heavy atom. The van der Waals surface area contributed by atoms with Crippen molar-refractivity contribution in [1.29, 1.82) is 0 Å². The summed E-state index contributed by atoms with van der Waals surface area (Å²) in [4.78, 5) is 39.6. The minimum atomic E-state index is -1.39. The molecule has 34 heavy (non-hydrogen) atoms. The number of esters is 1. The van der Waals surface area contributed by atoms with Crippen LogP contribution in [0.1, 0.15) is 46.8 Å². The van der Waals surface area contributed by atoms with Crippen molar-refractivity contribution in [3.63, 3.8) is 0 Å². The summed E-state index contributed by atoms with van der Waals surface area (Å²) in [5, 5.41) is 20.0. The van der Waals surface area contributed by atoms with Crippen molar-refractivity contribution in [2.75, 3.05) is 4.90 Å². The van der Waals surface area contributed by atoms with Crippen LogP contribution in [0.5, 0.6) is 23.0 Å². The van der Waals surface area contributed by atoms with Gasteiger partial charge in [-0.3, -0.25) is 14.5 Å². The van der Waals surface area contributed by atoms with Gasteiger partial charge in [0.15, 0.2) is 5.60 Å². The first-order valence-electron chi connectivity index (χ1n) is 10.9. The number of ether oxygens (including phenoxy) is 2. The quantitative estimate of drug-likeness (QED) is 0.442. The summed E-state index contributed by atoms with van der Waals surface area (Å²) in [6.07, 6.45) is 0.705. The molecule has 0 bridgehead atoms. The highest BCUT2D eigenvalue weighted by Crippen LogP contribution is 2.57. The van der Waals surface area contributed by atoms with E-state index >= 15 is 0 Å². The lowest BCUT2D eigenvalue weighted by Crippen LogP contribution is -2.33. The van der Waals surface area contributed by atoms with Crippen molar-refractivity contribution in [2.45, 2.75) is 25.4 Å². The summed E-state index contributed by atoms with van der Waals surface area (Å²) >= 11 is 0. The van der Waals surface area contributed by atoms with E-state index in [0.717, 1.165) is 4.90 Å². The minimum Gasteiger partial charge on any atom is -0.508 e. The van der Waals surface area contributed by atoms with Crippen molar-refractivity contribution in [3.05, 3.63) is 76.9 Å². The second kappa shape index (κ2) is 6.84. The number of nitrogens with zero attached hydrogens (tertiary/aromatic N) is 1. The second-order valence-corrected chi connectivity index (χ2v) is 8.64. The van der Waals surface area contributed by atoms with Crippen molar-refractivity contribution in [3.8, 4) is 23.0 Å². The van der Waals surface area contributed by atoms with Crippen LogP contribution in [-0.4, -0.2) is 28.0 Å². The molecule has 1 unspecified atom stereocenters. The lowest BCUT2D eigenvalue weighted by molar-refractivity contribution is -0.122. The monoisotopic (exact) mass is 457 g/mol. The number of rotatable bonds is 2. The van der Waals surface area contributed by atoms with E-state index in [2.05, 4.69) is 0 Å². The molecule has 2 N–H and O–H groups in total. The van der Waals surface area contributed by atoms with E-state index in [0.29, 0.717) is 28.8 Å². The number of fused-ring (bicyclic) bond motifs is 6. The average Bonchev–Trinajstić information content (AvgIpc) is 3.26. The lowest BCUT2D eigenvalue weighted by Gasteiger charge is -2.36. The van der Waals surface area contributed by atoms with Crippen LogP contribution < -0.4 is 9.64 Å². The number of phenolic OH excluding ortho intramolecular Hbond substituents is 2. The Labute approximate surface area is 194 Å². The van der Waals surface area contributed by atoms with Gasteiger partial charge in [0.1, 0.15) is 23.0 Å². The van der Waals surface area contributed by atoms with Gasteiger partial charge in [-0.1, -0.05) is 13.0 Å². The van der Waals surface area contributed by atoms with E-state index in [1.54, 1.807) is 24.3 Å². The van der Waals surface area contributed by atoms with Crippen LogP contribution in [0.3, 0.4) is 0 Å². The molecule has 2 amide bonds. The van der Waals surface area contributed by atoms with Gasteiger partial charge in [0.05, 0.1) is 11.3 Å². The van der Waals surface area contributed by atoms with Crippen molar-refractivity contribution in [1.82, 2.24) is 0 Å². The molecule has 3 aliphatic heterocycles. The Hall–Kier alpha value is -4.33. The van der Waals surface area contributed by atoms with Gasteiger partial charge < -0.3 is 19.7 Å². The van der Waals surface area contributed by atoms with Gasteiger partial charge in [-0.15, -0.1) is 0 Å². The smallest absolute Gasteiger partial charge is 0.340 e. The molecule has 0 saturated carbocycles. The molecule has 3 heterocycles. The number of amides is 2. The fourth-order valence-corrected chi connectivity index (χ4v) is 5.12.